The summed E-state index contributed by atoms with van der Waals surface area (Å²) in [6.45, 7) is 13.4. The van der Waals surface area contributed by atoms with Crippen molar-refractivity contribution in [1.82, 2.24) is 0 Å². The van der Waals surface area contributed by atoms with Crippen molar-refractivity contribution < 1.29 is 24.5 Å². The number of carbonyl (C=O) groups excluding carboxylic acids is 2. The van der Waals surface area contributed by atoms with E-state index in [1.54, 1.807) is 19.1 Å². The molecule has 2 N–H and O–H groups in total. The van der Waals surface area contributed by atoms with Crippen LogP contribution in [-0.2, 0) is 14.3 Å². The number of aliphatic hydroxyl groups is 2. The smallest absolute Gasteiger partial charge is 0.309 e. The Labute approximate surface area is 208 Å². The highest BCUT2D eigenvalue weighted by Crippen LogP contribution is 2.40. The van der Waals surface area contributed by atoms with E-state index in [-0.39, 0.29) is 29.6 Å². The Balaban J connectivity index is 1.70. The van der Waals surface area contributed by atoms with Crippen LogP contribution in [0.15, 0.2) is 72.4 Å². The molecule has 2 aliphatic rings. The minimum Gasteiger partial charge on any atom is -0.457 e. The Morgan fingerprint density at radius 3 is 2.60 bits per heavy atom. The molecule has 1 aromatic rings. The van der Waals surface area contributed by atoms with Crippen LogP contribution in [-0.4, -0.2) is 40.3 Å². The summed E-state index contributed by atoms with van der Waals surface area (Å²) in [5.74, 6) is -1.80. The number of aliphatic hydroxyl groups excluding tert-OH is 2. The Hall–Kier alpha value is -2.76. The summed E-state index contributed by atoms with van der Waals surface area (Å²) in [4.78, 5) is 25.7. The molecule has 0 unspecified atom stereocenters. The van der Waals surface area contributed by atoms with Crippen molar-refractivity contribution in [2.75, 3.05) is 0 Å². The lowest BCUT2D eigenvalue weighted by Gasteiger charge is -2.32. The maximum atomic E-state index is 12.8. The first-order valence-electron chi connectivity index (χ1n) is 12.5. The minimum absolute atomic E-state index is 0.0466. The van der Waals surface area contributed by atoms with E-state index in [4.69, 9.17) is 4.74 Å². The number of ketones is 1. The lowest BCUT2D eigenvalue weighted by Crippen LogP contribution is -2.40. The molecule has 1 aromatic carbocycles. The van der Waals surface area contributed by atoms with Gasteiger partial charge in [0, 0.05) is 23.3 Å². The van der Waals surface area contributed by atoms with Crippen LogP contribution in [0.4, 0.5) is 0 Å². The number of hydrogen-bond donors (Lipinski definition) is 2. The highest BCUT2D eigenvalue weighted by Gasteiger charge is 2.39. The van der Waals surface area contributed by atoms with Gasteiger partial charge in [-0.25, -0.2) is 0 Å². The molecule has 0 aromatic heterocycles. The van der Waals surface area contributed by atoms with Gasteiger partial charge in [0.2, 0.25) is 0 Å². The lowest BCUT2D eigenvalue weighted by atomic mass is 9.76. The van der Waals surface area contributed by atoms with Gasteiger partial charge < -0.3 is 14.9 Å². The van der Waals surface area contributed by atoms with Gasteiger partial charge in [-0.1, -0.05) is 55.0 Å². The second kappa shape index (κ2) is 11.8. The molecule has 0 fully saturated rings. The van der Waals surface area contributed by atoms with Crippen molar-refractivity contribution in [2.45, 2.75) is 71.2 Å². The number of Topliss-reactive ketones (excluding diaryl/α,β-unsaturated/α-hetero) is 1. The number of allylic oxidation sites excluding steroid dienone is 2. The number of carbonyl (C=O) groups is 2. The summed E-state index contributed by atoms with van der Waals surface area (Å²) in [5.41, 5.74) is 4.48. The van der Waals surface area contributed by atoms with Crippen molar-refractivity contribution in [1.29, 1.82) is 0 Å². The Bertz CT molecular complexity index is 1020. The van der Waals surface area contributed by atoms with Gasteiger partial charge >= 0.3 is 5.97 Å². The van der Waals surface area contributed by atoms with E-state index >= 15 is 0 Å². The van der Waals surface area contributed by atoms with Crippen LogP contribution in [0, 0.1) is 17.8 Å². The van der Waals surface area contributed by atoms with E-state index in [9.17, 15) is 19.8 Å². The van der Waals surface area contributed by atoms with Crippen LogP contribution in [0.1, 0.15) is 58.4 Å². The Morgan fingerprint density at radius 1 is 1.29 bits per heavy atom. The van der Waals surface area contributed by atoms with Gasteiger partial charge in [0.15, 0.2) is 5.78 Å². The summed E-state index contributed by atoms with van der Waals surface area (Å²) in [7, 11) is 0. The molecule has 0 saturated carbocycles. The molecule has 188 valence electrons. The quantitative estimate of drug-likeness (QED) is 0.357. The molecule has 0 amide bonds. The maximum absolute atomic E-state index is 12.8. The van der Waals surface area contributed by atoms with Gasteiger partial charge in [-0.2, -0.15) is 0 Å². The maximum Gasteiger partial charge on any atom is 0.309 e. The van der Waals surface area contributed by atoms with Gasteiger partial charge in [0.25, 0.3) is 0 Å². The highest BCUT2D eigenvalue weighted by molar-refractivity contribution is 5.99. The van der Waals surface area contributed by atoms with E-state index in [1.807, 2.05) is 44.2 Å². The second-order valence-corrected chi connectivity index (χ2v) is 10.0. The predicted octanol–water partition coefficient (Wildman–Crippen LogP) is 5.20. The van der Waals surface area contributed by atoms with E-state index in [1.165, 1.54) is 0 Å². The number of benzene rings is 1. The zero-order chi connectivity index (χ0) is 25.7. The molecule has 6 atom stereocenters. The predicted molar refractivity (Wildman–Crippen MR) is 138 cm³/mol. The fourth-order valence-corrected chi connectivity index (χ4v) is 5.19. The van der Waals surface area contributed by atoms with E-state index in [0.717, 1.165) is 41.5 Å². The van der Waals surface area contributed by atoms with Gasteiger partial charge in [-0.15, -0.1) is 13.2 Å². The SMILES string of the molecule is C=C[C@@H]1CC(c2ccccc2)=C(C)[C@H]1OC(=O)C[C@H](O)C1=C[C@@H](CCCC(=C)C)[C@H](O)[C@@H](C)C1=O. The summed E-state index contributed by atoms with van der Waals surface area (Å²) in [6.07, 6.45) is 3.71. The first-order chi connectivity index (χ1) is 16.6. The standard InChI is InChI=1S/C30H38O5/c1-6-21-15-24(22-12-8-7-9-13-22)19(4)30(21)35-27(32)17-26(31)25-16-23(14-10-11-18(2)3)28(33)20(5)29(25)34/h6-9,12-13,16,20-21,23,26,28,30-31,33H,1-2,10-11,14-15,17H2,3-5H3/t20-,21-,23-,26+,28-,30-/m1/s1. The largest absolute Gasteiger partial charge is 0.457 e. The molecule has 0 heterocycles. The molecule has 5 heteroatoms. The second-order valence-electron chi connectivity index (χ2n) is 10.0. The molecule has 0 bridgehead atoms. The van der Waals surface area contributed by atoms with Crippen LogP contribution in [0.25, 0.3) is 5.57 Å². The van der Waals surface area contributed by atoms with Crippen molar-refractivity contribution in [3.63, 3.8) is 0 Å². The third-order valence-electron chi connectivity index (χ3n) is 7.32. The summed E-state index contributed by atoms with van der Waals surface area (Å²) in [5, 5.41) is 21.4. The van der Waals surface area contributed by atoms with Gasteiger partial charge in [0.1, 0.15) is 6.10 Å². The van der Waals surface area contributed by atoms with E-state index in [0.29, 0.717) is 6.42 Å². The molecule has 3 rings (SSSR count). The lowest BCUT2D eigenvalue weighted by molar-refractivity contribution is -0.150. The number of ether oxygens (including phenoxy) is 1. The third kappa shape index (κ3) is 6.28. The van der Waals surface area contributed by atoms with Crippen LogP contribution in [0.5, 0.6) is 0 Å². The van der Waals surface area contributed by atoms with E-state index in [2.05, 4.69) is 13.2 Å². The molecule has 35 heavy (non-hydrogen) atoms. The van der Waals surface area contributed by atoms with Crippen LogP contribution >= 0.6 is 0 Å². The zero-order valence-corrected chi connectivity index (χ0v) is 21.1. The molecule has 0 spiro atoms. The molecular weight excluding hydrogens is 440 g/mol. The number of hydrogen-bond acceptors (Lipinski definition) is 5. The Kier molecular flexibility index (Phi) is 9.03. The van der Waals surface area contributed by atoms with Gasteiger partial charge in [0.05, 0.1) is 18.6 Å². The van der Waals surface area contributed by atoms with Crippen molar-refractivity contribution >= 4 is 17.3 Å². The first kappa shape index (κ1) is 26.8. The fourth-order valence-electron chi connectivity index (χ4n) is 5.19. The molecule has 2 aliphatic carbocycles. The highest BCUT2D eigenvalue weighted by atomic mass is 16.5. The molecule has 0 aliphatic heterocycles. The summed E-state index contributed by atoms with van der Waals surface area (Å²) >= 11 is 0. The van der Waals surface area contributed by atoms with Gasteiger partial charge in [-0.3, -0.25) is 9.59 Å². The summed E-state index contributed by atoms with van der Waals surface area (Å²) in [6, 6.07) is 10.00. The van der Waals surface area contributed by atoms with E-state index < -0.39 is 30.2 Å². The first-order valence-corrected chi connectivity index (χ1v) is 12.5. The van der Waals surface area contributed by atoms with Crippen molar-refractivity contribution in [3.05, 3.63) is 77.9 Å². The average molecular weight is 479 g/mol. The molecular formula is C30H38O5. The topological polar surface area (TPSA) is 83.8 Å². The monoisotopic (exact) mass is 478 g/mol. The average Bonchev–Trinajstić information content (AvgIpc) is 3.14. The van der Waals surface area contributed by atoms with Crippen molar-refractivity contribution in [2.24, 2.45) is 17.8 Å². The third-order valence-corrected chi connectivity index (χ3v) is 7.32. The fraction of sp³-hybridized carbons (Fsp3) is 0.467. The normalized spacial score (nSPS) is 27.4. The number of rotatable bonds is 10. The zero-order valence-electron chi connectivity index (χ0n) is 21.1. The van der Waals surface area contributed by atoms with Gasteiger partial charge in [-0.05, 0) is 56.2 Å². The van der Waals surface area contributed by atoms with Crippen LogP contribution < -0.4 is 0 Å². The van der Waals surface area contributed by atoms with Crippen molar-refractivity contribution in [3.8, 4) is 0 Å². The Morgan fingerprint density at radius 2 is 1.97 bits per heavy atom. The van der Waals surface area contributed by atoms with Crippen LogP contribution in [0.3, 0.4) is 0 Å². The summed E-state index contributed by atoms with van der Waals surface area (Å²) < 4.78 is 5.82. The minimum atomic E-state index is -1.27. The van der Waals surface area contributed by atoms with Crippen LogP contribution in [0.2, 0.25) is 0 Å². The molecule has 0 radical (unpaired) electrons. The molecule has 0 saturated heterocycles. The molecule has 5 nitrogen and oxygen atoms in total. The number of esters is 1.